The first-order valence-corrected chi connectivity index (χ1v) is 12.0. The maximum Gasteiger partial charge on any atom is 0.356 e. The molecule has 2 aromatic carbocycles. The van der Waals surface area contributed by atoms with Gasteiger partial charge in [0.2, 0.25) is 0 Å². The highest BCUT2D eigenvalue weighted by Gasteiger charge is 2.24. The lowest BCUT2D eigenvalue weighted by Crippen LogP contribution is -2.12. The van der Waals surface area contributed by atoms with Gasteiger partial charge in [-0.25, -0.2) is 9.78 Å². The van der Waals surface area contributed by atoms with E-state index in [0.29, 0.717) is 30.0 Å². The van der Waals surface area contributed by atoms with E-state index in [4.69, 9.17) is 32.7 Å². The number of nitrogens with zero attached hydrogens (tertiary/aromatic N) is 2. The second-order valence-electron chi connectivity index (χ2n) is 7.64. The number of rotatable bonds is 9. The van der Waals surface area contributed by atoms with Crippen molar-refractivity contribution in [1.82, 2.24) is 9.55 Å². The first-order valence-electron chi connectivity index (χ1n) is 10.3. The number of ether oxygens (including phenoxy) is 2. The van der Waals surface area contributed by atoms with Crippen molar-refractivity contribution >= 4 is 51.4 Å². The molecule has 2 heterocycles. The number of hydrogen-bond donors (Lipinski definition) is 1. The summed E-state index contributed by atoms with van der Waals surface area (Å²) in [7, 11) is 0. The summed E-state index contributed by atoms with van der Waals surface area (Å²) in [5, 5.41) is 13.8. The van der Waals surface area contributed by atoms with Crippen LogP contribution >= 0.6 is 34.5 Å². The zero-order chi connectivity index (χ0) is 23.5. The summed E-state index contributed by atoms with van der Waals surface area (Å²) in [6, 6.07) is 9.08. The molecular formula is C24H22Cl2N2O4S. The molecule has 0 fully saturated rings. The molecule has 0 atom stereocenters. The lowest BCUT2D eigenvalue weighted by atomic mass is 10.1. The standard InChI is InChI=1S/C24H22Cl2N2O4S/c1-14-8-18(9-15(2)21(14)26)31-7-3-6-28-20-5-4-16(25)10-19(20)23(22(28)24(29)30)32-11-17-12-33-13-27-17/h4-5,8-10,12-13H,3,6-7,11H2,1-2H3,(H,29,30). The number of carboxylic acids is 1. The van der Waals surface area contributed by atoms with Gasteiger partial charge in [-0.2, -0.15) is 0 Å². The third-order valence-corrected chi connectivity index (χ3v) is 6.70. The minimum atomic E-state index is -1.07. The molecule has 0 unspecified atom stereocenters. The first kappa shape index (κ1) is 23.4. The number of thiazole rings is 1. The molecule has 0 saturated heterocycles. The minimum Gasteiger partial charge on any atom is -0.494 e. The number of aromatic nitrogens is 2. The number of carboxylic acid groups (broad SMARTS) is 1. The van der Waals surface area contributed by atoms with Gasteiger partial charge >= 0.3 is 5.97 Å². The van der Waals surface area contributed by atoms with Crippen molar-refractivity contribution in [3.8, 4) is 11.5 Å². The van der Waals surface area contributed by atoms with E-state index in [0.717, 1.165) is 33.1 Å². The number of benzene rings is 2. The third kappa shape index (κ3) is 5.11. The largest absolute Gasteiger partial charge is 0.494 e. The Balaban J connectivity index is 1.57. The Labute approximate surface area is 205 Å². The summed E-state index contributed by atoms with van der Waals surface area (Å²) in [5.41, 5.74) is 5.18. The van der Waals surface area contributed by atoms with Crippen LogP contribution in [0.4, 0.5) is 0 Å². The van der Waals surface area contributed by atoms with Gasteiger partial charge < -0.3 is 19.1 Å². The number of halogens is 2. The molecule has 0 saturated carbocycles. The van der Waals surface area contributed by atoms with Gasteiger partial charge in [-0.15, -0.1) is 11.3 Å². The van der Waals surface area contributed by atoms with Crippen molar-refractivity contribution in [1.29, 1.82) is 0 Å². The molecule has 4 aromatic rings. The lowest BCUT2D eigenvalue weighted by Gasteiger charge is -2.12. The van der Waals surface area contributed by atoms with E-state index in [1.165, 1.54) is 11.3 Å². The molecular weight excluding hydrogens is 483 g/mol. The molecule has 0 bridgehead atoms. The summed E-state index contributed by atoms with van der Waals surface area (Å²) >= 11 is 13.9. The molecule has 2 aromatic heterocycles. The number of aryl methyl sites for hydroxylation is 3. The van der Waals surface area contributed by atoms with E-state index in [1.54, 1.807) is 22.2 Å². The van der Waals surface area contributed by atoms with Crippen LogP contribution in [-0.2, 0) is 13.2 Å². The number of aromatic carboxylic acids is 1. The predicted molar refractivity (Wildman–Crippen MR) is 131 cm³/mol. The van der Waals surface area contributed by atoms with Crippen molar-refractivity contribution < 1.29 is 19.4 Å². The van der Waals surface area contributed by atoms with Crippen LogP contribution in [0, 0.1) is 13.8 Å². The fraction of sp³-hybridized carbons (Fsp3) is 0.250. The SMILES string of the molecule is Cc1cc(OCCCn2c(C(=O)O)c(OCc3cscn3)c3cc(Cl)ccc32)cc(C)c1Cl. The Hall–Kier alpha value is -2.74. The van der Waals surface area contributed by atoms with E-state index in [9.17, 15) is 9.90 Å². The number of fused-ring (bicyclic) bond motifs is 1. The molecule has 0 aliphatic heterocycles. The van der Waals surface area contributed by atoms with Gasteiger partial charge in [0, 0.05) is 27.4 Å². The van der Waals surface area contributed by atoms with Crippen molar-refractivity contribution in [2.24, 2.45) is 0 Å². The Morgan fingerprint density at radius 1 is 1.15 bits per heavy atom. The van der Waals surface area contributed by atoms with Crippen LogP contribution in [-0.4, -0.2) is 27.2 Å². The van der Waals surface area contributed by atoms with E-state index < -0.39 is 5.97 Å². The average Bonchev–Trinajstić information content (AvgIpc) is 3.39. The summed E-state index contributed by atoms with van der Waals surface area (Å²) in [6.07, 6.45) is 0.596. The van der Waals surface area contributed by atoms with Crippen molar-refractivity contribution in [2.45, 2.75) is 33.4 Å². The Kier molecular flexibility index (Phi) is 7.12. The number of carbonyl (C=O) groups is 1. The van der Waals surface area contributed by atoms with E-state index in [1.807, 2.05) is 37.4 Å². The quantitative estimate of drug-likeness (QED) is 0.254. The Morgan fingerprint density at radius 2 is 1.91 bits per heavy atom. The Morgan fingerprint density at radius 3 is 2.58 bits per heavy atom. The lowest BCUT2D eigenvalue weighted by molar-refractivity contribution is 0.0679. The smallest absolute Gasteiger partial charge is 0.356 e. The van der Waals surface area contributed by atoms with Crippen LogP contribution in [0.5, 0.6) is 11.5 Å². The molecule has 6 nitrogen and oxygen atoms in total. The molecule has 9 heteroatoms. The highest BCUT2D eigenvalue weighted by atomic mass is 35.5. The Bertz CT molecular complexity index is 1280. The second-order valence-corrected chi connectivity index (χ2v) is 9.17. The molecule has 172 valence electrons. The molecule has 4 rings (SSSR count). The molecule has 33 heavy (non-hydrogen) atoms. The average molecular weight is 505 g/mol. The van der Waals surface area contributed by atoms with E-state index in [-0.39, 0.29) is 18.1 Å². The molecule has 0 aliphatic rings. The molecule has 0 amide bonds. The zero-order valence-corrected chi connectivity index (χ0v) is 20.4. The molecule has 0 radical (unpaired) electrons. The van der Waals surface area contributed by atoms with Gasteiger partial charge in [0.1, 0.15) is 12.4 Å². The van der Waals surface area contributed by atoms with Gasteiger partial charge in [-0.1, -0.05) is 23.2 Å². The molecule has 0 spiro atoms. The molecule has 1 N–H and O–H groups in total. The van der Waals surface area contributed by atoms with Crippen LogP contribution in [0.3, 0.4) is 0 Å². The van der Waals surface area contributed by atoms with Gasteiger partial charge in [-0.05, 0) is 61.7 Å². The highest BCUT2D eigenvalue weighted by molar-refractivity contribution is 7.07. The van der Waals surface area contributed by atoms with Gasteiger partial charge in [0.15, 0.2) is 11.4 Å². The van der Waals surface area contributed by atoms with Crippen LogP contribution in [0.15, 0.2) is 41.2 Å². The predicted octanol–water partition coefficient (Wildman–Crippen LogP) is 6.77. The summed E-state index contributed by atoms with van der Waals surface area (Å²) < 4.78 is 13.6. The normalized spacial score (nSPS) is 11.2. The monoisotopic (exact) mass is 504 g/mol. The first-order chi connectivity index (χ1) is 15.8. The fourth-order valence-corrected chi connectivity index (χ4v) is 4.57. The topological polar surface area (TPSA) is 73.6 Å². The number of hydrogen-bond acceptors (Lipinski definition) is 5. The van der Waals surface area contributed by atoms with Crippen LogP contribution in [0.25, 0.3) is 10.9 Å². The summed E-state index contributed by atoms with van der Waals surface area (Å²) in [4.78, 5) is 16.4. The van der Waals surface area contributed by atoms with Crippen LogP contribution in [0.2, 0.25) is 10.0 Å². The van der Waals surface area contributed by atoms with E-state index in [2.05, 4.69) is 4.98 Å². The maximum absolute atomic E-state index is 12.2. The van der Waals surface area contributed by atoms with Crippen molar-refractivity contribution in [2.75, 3.05) is 6.61 Å². The zero-order valence-electron chi connectivity index (χ0n) is 18.1. The maximum atomic E-state index is 12.2. The summed E-state index contributed by atoms with van der Waals surface area (Å²) in [6.45, 7) is 4.90. The molecule has 0 aliphatic carbocycles. The highest BCUT2D eigenvalue weighted by Crippen LogP contribution is 2.36. The van der Waals surface area contributed by atoms with Gasteiger partial charge in [0.05, 0.1) is 23.3 Å². The van der Waals surface area contributed by atoms with Gasteiger partial charge in [-0.3, -0.25) is 0 Å². The van der Waals surface area contributed by atoms with Crippen LogP contribution in [0.1, 0.15) is 33.7 Å². The minimum absolute atomic E-state index is 0.0840. The third-order valence-electron chi connectivity index (χ3n) is 5.23. The second kappa shape index (κ2) is 10.0. The van der Waals surface area contributed by atoms with Crippen molar-refractivity contribution in [3.05, 3.63) is 73.8 Å². The van der Waals surface area contributed by atoms with E-state index >= 15 is 0 Å². The fourth-order valence-electron chi connectivity index (χ4n) is 3.74. The van der Waals surface area contributed by atoms with Gasteiger partial charge in [0.25, 0.3) is 0 Å². The van der Waals surface area contributed by atoms with Crippen LogP contribution < -0.4 is 9.47 Å². The summed E-state index contributed by atoms with van der Waals surface area (Å²) in [5.74, 6) is -0.0392. The van der Waals surface area contributed by atoms with Crippen molar-refractivity contribution in [3.63, 3.8) is 0 Å².